The molecule has 0 unspecified atom stereocenters. The van der Waals surface area contributed by atoms with Gasteiger partial charge in [-0.3, -0.25) is 0 Å². The molecule has 0 saturated carbocycles. The van der Waals surface area contributed by atoms with Crippen LogP contribution in [0.3, 0.4) is 0 Å². The summed E-state index contributed by atoms with van der Waals surface area (Å²) < 4.78 is 28.9. The standard InChI is InChI=1S/C23H28O6/c1-12-7-18(28-2)17(23-22(27)21(26)20(25)19(11-24)29-23)10-16(12)9-13-3-4-14-5-6-15(14)8-13/h3-4,7-8,10,19-27H,5-6,9,11H2,1-2H3/t19-,20-,21+,22-,23+/m1/s1/i9D2. The molecule has 2 aliphatic rings. The van der Waals surface area contributed by atoms with E-state index in [9.17, 15) is 20.4 Å². The van der Waals surface area contributed by atoms with Gasteiger partial charge in [-0.05, 0) is 66.1 Å². The lowest BCUT2D eigenvalue weighted by Gasteiger charge is -2.40. The number of aliphatic hydroxyl groups is 4. The molecule has 1 aliphatic carbocycles. The van der Waals surface area contributed by atoms with E-state index in [1.807, 2.05) is 12.1 Å². The Kier molecular flexibility index (Phi) is 4.96. The number of hydrogen-bond donors (Lipinski definition) is 4. The first-order valence-electron chi connectivity index (χ1n) is 10.8. The molecule has 1 heterocycles. The predicted octanol–water partition coefficient (Wildman–Crippen LogP) is 1.21. The van der Waals surface area contributed by atoms with Crippen molar-refractivity contribution in [2.45, 2.75) is 56.7 Å². The minimum Gasteiger partial charge on any atom is -0.496 e. The van der Waals surface area contributed by atoms with E-state index >= 15 is 0 Å². The lowest BCUT2D eigenvalue weighted by atomic mass is 9.85. The molecule has 6 heteroatoms. The molecular weight excluding hydrogens is 372 g/mol. The summed E-state index contributed by atoms with van der Waals surface area (Å²) in [7, 11) is 1.45. The first-order valence-corrected chi connectivity index (χ1v) is 9.80. The predicted molar refractivity (Wildman–Crippen MR) is 107 cm³/mol. The zero-order valence-electron chi connectivity index (χ0n) is 18.5. The molecule has 1 saturated heterocycles. The van der Waals surface area contributed by atoms with Gasteiger partial charge in [-0.25, -0.2) is 0 Å². The van der Waals surface area contributed by atoms with Crippen LogP contribution >= 0.6 is 0 Å². The van der Waals surface area contributed by atoms with Crippen molar-refractivity contribution in [3.05, 3.63) is 63.7 Å². The summed E-state index contributed by atoms with van der Waals surface area (Å²) in [6.45, 7) is 1.24. The number of benzene rings is 2. The van der Waals surface area contributed by atoms with Crippen LogP contribution in [0.4, 0.5) is 0 Å². The maximum Gasteiger partial charge on any atom is 0.125 e. The van der Waals surface area contributed by atoms with Crippen LogP contribution in [0.1, 0.15) is 42.2 Å². The van der Waals surface area contributed by atoms with E-state index in [0.717, 1.165) is 18.4 Å². The SMILES string of the molecule is [2H]C([2H])(c1ccc2c(c1)CC2)c1cc([C@@H]2O[C@H](CO)[C@@H](O)[C@H](O)[C@H]2O)c(OC)cc1C. The summed E-state index contributed by atoms with van der Waals surface area (Å²) in [6.07, 6.45) is -6.52. The third-order valence-electron chi connectivity index (χ3n) is 5.92. The Balaban J connectivity index is 1.79. The van der Waals surface area contributed by atoms with Crippen molar-refractivity contribution >= 4 is 0 Å². The van der Waals surface area contributed by atoms with Crippen LogP contribution in [0.2, 0.25) is 0 Å². The second-order valence-electron chi connectivity index (χ2n) is 7.77. The van der Waals surface area contributed by atoms with Crippen LogP contribution in [0.25, 0.3) is 0 Å². The quantitative estimate of drug-likeness (QED) is 0.600. The molecule has 1 fully saturated rings. The van der Waals surface area contributed by atoms with E-state index in [-0.39, 0.29) is 0 Å². The molecule has 156 valence electrons. The zero-order chi connectivity index (χ0) is 22.5. The largest absolute Gasteiger partial charge is 0.496 e. The summed E-state index contributed by atoms with van der Waals surface area (Å²) in [4.78, 5) is 0. The minimum atomic E-state index is -1.82. The topological polar surface area (TPSA) is 99.4 Å². The molecule has 6 nitrogen and oxygen atoms in total. The molecule has 4 N–H and O–H groups in total. The average Bonchev–Trinajstić information content (AvgIpc) is 2.73. The van der Waals surface area contributed by atoms with Gasteiger partial charge in [-0.15, -0.1) is 0 Å². The molecule has 0 spiro atoms. The van der Waals surface area contributed by atoms with E-state index < -0.39 is 43.5 Å². The van der Waals surface area contributed by atoms with Crippen LogP contribution in [0, 0.1) is 6.92 Å². The Morgan fingerprint density at radius 2 is 1.83 bits per heavy atom. The van der Waals surface area contributed by atoms with Crippen molar-refractivity contribution in [1.29, 1.82) is 0 Å². The van der Waals surface area contributed by atoms with Crippen LogP contribution < -0.4 is 4.74 Å². The van der Waals surface area contributed by atoms with E-state index in [2.05, 4.69) is 0 Å². The minimum absolute atomic E-state index is 0.341. The van der Waals surface area contributed by atoms with Crippen LogP contribution in [0.15, 0.2) is 30.3 Å². The number of aryl methyl sites for hydroxylation is 3. The van der Waals surface area contributed by atoms with E-state index in [0.29, 0.717) is 28.0 Å². The maximum atomic E-state index is 10.6. The van der Waals surface area contributed by atoms with Crippen LogP contribution in [-0.4, -0.2) is 58.6 Å². The van der Waals surface area contributed by atoms with E-state index in [1.165, 1.54) is 12.7 Å². The highest BCUT2D eigenvalue weighted by atomic mass is 16.5. The summed E-state index contributed by atoms with van der Waals surface area (Å²) >= 11 is 0. The Labute approximate surface area is 173 Å². The number of ether oxygens (including phenoxy) is 2. The Hall–Kier alpha value is -1.96. The Morgan fingerprint density at radius 1 is 1.07 bits per heavy atom. The van der Waals surface area contributed by atoms with Gasteiger partial charge in [0.1, 0.15) is 36.3 Å². The molecule has 4 rings (SSSR count). The number of methoxy groups -OCH3 is 1. The van der Waals surface area contributed by atoms with Crippen molar-refractivity contribution in [3.8, 4) is 5.75 Å². The van der Waals surface area contributed by atoms with Gasteiger partial charge < -0.3 is 29.9 Å². The van der Waals surface area contributed by atoms with Crippen LogP contribution in [0.5, 0.6) is 5.75 Å². The summed E-state index contributed by atoms with van der Waals surface area (Å²) in [5, 5.41) is 40.4. The molecule has 0 bridgehead atoms. The third kappa shape index (κ3) is 3.67. The number of rotatable bonds is 5. The first-order chi connectivity index (χ1) is 14.7. The zero-order valence-corrected chi connectivity index (χ0v) is 16.5. The fourth-order valence-electron chi connectivity index (χ4n) is 4.02. The number of hydrogen-bond acceptors (Lipinski definition) is 6. The average molecular weight is 402 g/mol. The highest BCUT2D eigenvalue weighted by Crippen LogP contribution is 2.39. The Bertz CT molecular complexity index is 977. The van der Waals surface area contributed by atoms with E-state index in [4.69, 9.17) is 12.2 Å². The summed E-state index contributed by atoms with van der Waals surface area (Å²) in [5.41, 5.74) is 4.33. The lowest BCUT2D eigenvalue weighted by molar-refractivity contribution is -0.232. The fraction of sp³-hybridized carbons (Fsp3) is 0.478. The van der Waals surface area contributed by atoms with Crippen molar-refractivity contribution in [2.75, 3.05) is 13.7 Å². The fourth-order valence-corrected chi connectivity index (χ4v) is 4.02. The lowest BCUT2D eigenvalue weighted by Crippen LogP contribution is -2.55. The second-order valence-corrected chi connectivity index (χ2v) is 7.77. The molecular formula is C23H28O6. The second kappa shape index (κ2) is 8.05. The molecule has 1 aliphatic heterocycles. The molecule has 0 aromatic heterocycles. The van der Waals surface area contributed by atoms with Gasteiger partial charge in [-0.2, -0.15) is 0 Å². The van der Waals surface area contributed by atoms with Gasteiger partial charge in [0.2, 0.25) is 0 Å². The van der Waals surface area contributed by atoms with Gasteiger partial charge in [0.25, 0.3) is 0 Å². The Morgan fingerprint density at radius 3 is 2.45 bits per heavy atom. The maximum absolute atomic E-state index is 10.6. The van der Waals surface area contributed by atoms with Gasteiger partial charge in [0.05, 0.1) is 13.7 Å². The van der Waals surface area contributed by atoms with Crippen LogP contribution in [-0.2, 0) is 24.0 Å². The molecule has 29 heavy (non-hydrogen) atoms. The van der Waals surface area contributed by atoms with Gasteiger partial charge in [0, 0.05) is 8.30 Å². The normalized spacial score (nSPS) is 30.1. The van der Waals surface area contributed by atoms with Crippen molar-refractivity contribution in [1.82, 2.24) is 0 Å². The number of fused-ring (bicyclic) bond motifs is 1. The van der Waals surface area contributed by atoms with Gasteiger partial charge in [0.15, 0.2) is 0 Å². The molecule has 0 amide bonds. The van der Waals surface area contributed by atoms with Gasteiger partial charge in [-0.1, -0.05) is 18.2 Å². The molecule has 2 aromatic carbocycles. The monoisotopic (exact) mass is 402 g/mol. The highest BCUT2D eigenvalue weighted by Gasteiger charge is 2.44. The highest BCUT2D eigenvalue weighted by molar-refractivity contribution is 5.47. The van der Waals surface area contributed by atoms with Gasteiger partial charge >= 0.3 is 0 Å². The van der Waals surface area contributed by atoms with E-state index in [1.54, 1.807) is 25.1 Å². The molecule has 2 aromatic rings. The smallest absolute Gasteiger partial charge is 0.125 e. The summed E-state index contributed by atoms with van der Waals surface area (Å²) in [6, 6.07) is 8.92. The number of aliphatic hydroxyl groups excluding tert-OH is 4. The molecule has 0 radical (unpaired) electrons. The van der Waals surface area contributed by atoms with Crippen molar-refractivity contribution < 1.29 is 32.6 Å². The molecule has 5 atom stereocenters. The summed E-state index contributed by atoms with van der Waals surface area (Å²) in [5.74, 6) is 0.360. The van der Waals surface area contributed by atoms with Crippen molar-refractivity contribution in [2.24, 2.45) is 0 Å². The van der Waals surface area contributed by atoms with Crippen molar-refractivity contribution in [3.63, 3.8) is 0 Å². The first kappa shape index (κ1) is 17.9. The third-order valence-corrected chi connectivity index (χ3v) is 5.92.